The molecular weight excluding hydrogens is 286 g/mol. The molecule has 0 unspecified atom stereocenters. The Morgan fingerprint density at radius 3 is 2.52 bits per heavy atom. The summed E-state index contributed by atoms with van der Waals surface area (Å²) in [5, 5.41) is 3.34. The number of hydrogen-bond acceptors (Lipinski definition) is 3. The van der Waals surface area contributed by atoms with Crippen LogP contribution in [0.3, 0.4) is 0 Å². The SMILES string of the molecule is CCNCC1CCN(S(=O)(=O)Nc2ccccc2C)CC1. The molecule has 6 heteroatoms. The maximum atomic E-state index is 12.4. The predicted octanol–water partition coefficient (Wildman–Crippen LogP) is 1.97. The van der Waals surface area contributed by atoms with Gasteiger partial charge in [-0.1, -0.05) is 25.1 Å². The number of nitrogens with zero attached hydrogens (tertiary/aromatic N) is 1. The molecule has 2 N–H and O–H groups in total. The van der Waals surface area contributed by atoms with Crippen LogP contribution in [0.5, 0.6) is 0 Å². The van der Waals surface area contributed by atoms with Crippen molar-refractivity contribution in [1.82, 2.24) is 9.62 Å². The highest BCUT2D eigenvalue weighted by molar-refractivity contribution is 7.90. The van der Waals surface area contributed by atoms with Gasteiger partial charge in [0.1, 0.15) is 0 Å². The Morgan fingerprint density at radius 1 is 1.24 bits per heavy atom. The number of piperidine rings is 1. The van der Waals surface area contributed by atoms with Gasteiger partial charge in [-0.3, -0.25) is 4.72 Å². The van der Waals surface area contributed by atoms with Crippen LogP contribution in [0.2, 0.25) is 0 Å². The van der Waals surface area contributed by atoms with Gasteiger partial charge in [0.05, 0.1) is 5.69 Å². The van der Waals surface area contributed by atoms with Crippen LogP contribution in [-0.4, -0.2) is 38.9 Å². The van der Waals surface area contributed by atoms with E-state index in [1.165, 1.54) is 0 Å². The fourth-order valence-electron chi connectivity index (χ4n) is 2.59. The van der Waals surface area contributed by atoms with E-state index in [4.69, 9.17) is 0 Å². The number of rotatable bonds is 6. The summed E-state index contributed by atoms with van der Waals surface area (Å²) in [5.74, 6) is 0.579. The van der Waals surface area contributed by atoms with Crippen molar-refractivity contribution in [2.75, 3.05) is 30.9 Å². The fraction of sp³-hybridized carbons (Fsp3) is 0.600. The minimum atomic E-state index is -3.44. The van der Waals surface area contributed by atoms with Gasteiger partial charge in [0.25, 0.3) is 0 Å². The second-order valence-electron chi connectivity index (χ2n) is 5.57. The van der Waals surface area contributed by atoms with Crippen molar-refractivity contribution >= 4 is 15.9 Å². The van der Waals surface area contributed by atoms with Gasteiger partial charge in [0.15, 0.2) is 0 Å². The molecular formula is C15H25N3O2S. The van der Waals surface area contributed by atoms with Crippen molar-refractivity contribution in [1.29, 1.82) is 0 Å². The molecule has 1 heterocycles. The van der Waals surface area contributed by atoms with E-state index in [1.807, 2.05) is 25.1 Å². The molecule has 0 amide bonds. The highest BCUT2D eigenvalue weighted by Crippen LogP contribution is 2.21. The van der Waals surface area contributed by atoms with Crippen LogP contribution in [0.4, 0.5) is 5.69 Å². The highest BCUT2D eigenvalue weighted by Gasteiger charge is 2.27. The molecule has 21 heavy (non-hydrogen) atoms. The summed E-state index contributed by atoms with van der Waals surface area (Å²) in [5.41, 5.74) is 1.59. The molecule has 0 aliphatic carbocycles. The van der Waals surface area contributed by atoms with Crippen LogP contribution in [0, 0.1) is 12.8 Å². The van der Waals surface area contributed by atoms with Crippen LogP contribution in [0.15, 0.2) is 24.3 Å². The summed E-state index contributed by atoms with van der Waals surface area (Å²) in [6.07, 6.45) is 1.84. The third-order valence-corrected chi connectivity index (χ3v) is 5.50. The van der Waals surface area contributed by atoms with Crippen molar-refractivity contribution in [3.63, 3.8) is 0 Å². The number of para-hydroxylation sites is 1. The number of benzene rings is 1. The Balaban J connectivity index is 1.94. The number of anilines is 1. The van der Waals surface area contributed by atoms with E-state index in [2.05, 4.69) is 17.0 Å². The lowest BCUT2D eigenvalue weighted by atomic mass is 9.98. The van der Waals surface area contributed by atoms with Gasteiger partial charge in [-0.05, 0) is 50.4 Å². The first kappa shape index (κ1) is 16.3. The van der Waals surface area contributed by atoms with E-state index in [-0.39, 0.29) is 0 Å². The molecule has 1 saturated heterocycles. The summed E-state index contributed by atoms with van der Waals surface area (Å²) in [4.78, 5) is 0. The van der Waals surface area contributed by atoms with Crippen molar-refractivity contribution in [3.05, 3.63) is 29.8 Å². The van der Waals surface area contributed by atoms with Crippen molar-refractivity contribution in [3.8, 4) is 0 Å². The molecule has 1 aliphatic rings. The summed E-state index contributed by atoms with van der Waals surface area (Å²) >= 11 is 0. The minimum absolute atomic E-state index is 0.579. The van der Waals surface area contributed by atoms with Crippen LogP contribution >= 0.6 is 0 Å². The van der Waals surface area contributed by atoms with Crippen molar-refractivity contribution in [2.45, 2.75) is 26.7 Å². The molecule has 0 aromatic heterocycles. The molecule has 0 radical (unpaired) electrons. The summed E-state index contributed by atoms with van der Waals surface area (Å²) in [6.45, 7) is 7.13. The Bertz CT molecular complexity index is 552. The van der Waals surface area contributed by atoms with Crippen LogP contribution < -0.4 is 10.0 Å². The highest BCUT2D eigenvalue weighted by atomic mass is 32.2. The molecule has 1 aromatic rings. The van der Waals surface area contributed by atoms with E-state index < -0.39 is 10.2 Å². The van der Waals surface area contributed by atoms with Gasteiger partial charge < -0.3 is 5.32 Å². The van der Waals surface area contributed by atoms with Crippen molar-refractivity contribution in [2.24, 2.45) is 5.92 Å². The molecule has 1 aromatic carbocycles. The van der Waals surface area contributed by atoms with E-state index in [9.17, 15) is 8.42 Å². The molecule has 2 rings (SSSR count). The molecule has 1 fully saturated rings. The maximum absolute atomic E-state index is 12.4. The van der Waals surface area contributed by atoms with E-state index in [0.29, 0.717) is 24.7 Å². The molecule has 1 aliphatic heterocycles. The van der Waals surface area contributed by atoms with Gasteiger partial charge >= 0.3 is 10.2 Å². The summed E-state index contributed by atoms with van der Waals surface area (Å²) < 4.78 is 29.1. The average molecular weight is 311 g/mol. The van der Waals surface area contributed by atoms with E-state index >= 15 is 0 Å². The first-order chi connectivity index (χ1) is 10.0. The third-order valence-electron chi connectivity index (χ3n) is 3.98. The molecule has 0 bridgehead atoms. The molecule has 5 nitrogen and oxygen atoms in total. The smallest absolute Gasteiger partial charge is 0.301 e. The zero-order valence-electron chi connectivity index (χ0n) is 12.8. The second-order valence-corrected chi connectivity index (χ2v) is 7.24. The predicted molar refractivity (Wildman–Crippen MR) is 86.6 cm³/mol. The summed E-state index contributed by atoms with van der Waals surface area (Å²) in [6, 6.07) is 7.44. The lowest BCUT2D eigenvalue weighted by molar-refractivity contribution is 0.269. The standard InChI is InChI=1S/C15H25N3O2S/c1-3-16-12-14-8-10-18(11-9-14)21(19,20)17-15-7-5-4-6-13(15)2/h4-7,14,16-17H,3,8-12H2,1-2H3. The molecule has 0 saturated carbocycles. The zero-order chi connectivity index (χ0) is 15.3. The van der Waals surface area contributed by atoms with Gasteiger partial charge in [-0.25, -0.2) is 0 Å². The first-order valence-electron chi connectivity index (χ1n) is 7.57. The Labute approximate surface area is 127 Å². The minimum Gasteiger partial charge on any atom is -0.317 e. The normalized spacial score (nSPS) is 17.8. The number of hydrogen-bond donors (Lipinski definition) is 2. The largest absolute Gasteiger partial charge is 0.317 e. The van der Waals surface area contributed by atoms with Crippen LogP contribution in [0.25, 0.3) is 0 Å². The first-order valence-corrected chi connectivity index (χ1v) is 9.01. The Morgan fingerprint density at radius 2 is 1.90 bits per heavy atom. The van der Waals surface area contributed by atoms with Crippen LogP contribution in [0.1, 0.15) is 25.3 Å². The quantitative estimate of drug-likeness (QED) is 0.844. The van der Waals surface area contributed by atoms with Gasteiger partial charge in [0.2, 0.25) is 0 Å². The maximum Gasteiger partial charge on any atom is 0.301 e. The van der Waals surface area contributed by atoms with Crippen LogP contribution in [-0.2, 0) is 10.2 Å². The van der Waals surface area contributed by atoms with E-state index in [0.717, 1.165) is 31.5 Å². The number of aryl methyl sites for hydroxylation is 1. The Hall–Kier alpha value is -1.11. The summed E-state index contributed by atoms with van der Waals surface area (Å²) in [7, 11) is -3.44. The molecule has 0 spiro atoms. The monoisotopic (exact) mass is 311 g/mol. The third kappa shape index (κ3) is 4.43. The lowest BCUT2D eigenvalue weighted by Crippen LogP contribution is -2.43. The second kappa shape index (κ2) is 7.24. The Kier molecular flexibility index (Phi) is 5.61. The lowest BCUT2D eigenvalue weighted by Gasteiger charge is -2.31. The van der Waals surface area contributed by atoms with Gasteiger partial charge in [0, 0.05) is 13.1 Å². The van der Waals surface area contributed by atoms with E-state index in [1.54, 1.807) is 10.4 Å². The fourth-order valence-corrected chi connectivity index (χ4v) is 3.92. The molecule has 0 atom stereocenters. The average Bonchev–Trinajstić information content (AvgIpc) is 2.48. The zero-order valence-corrected chi connectivity index (χ0v) is 13.6. The van der Waals surface area contributed by atoms with Gasteiger partial charge in [-0.2, -0.15) is 12.7 Å². The van der Waals surface area contributed by atoms with Crippen molar-refractivity contribution < 1.29 is 8.42 Å². The van der Waals surface area contributed by atoms with Gasteiger partial charge in [-0.15, -0.1) is 0 Å². The molecule has 118 valence electrons. The number of nitrogens with one attached hydrogen (secondary N) is 2. The topological polar surface area (TPSA) is 61.4 Å².